The van der Waals surface area contributed by atoms with E-state index in [9.17, 15) is 9.90 Å². The first-order valence-corrected chi connectivity index (χ1v) is 14.5. The minimum atomic E-state index is 0.0354. The molecule has 196 valence electrons. The van der Waals surface area contributed by atoms with Gasteiger partial charge in [-0.25, -0.2) is 0 Å². The molecule has 38 heavy (non-hydrogen) atoms. The Bertz CT molecular complexity index is 1480. The predicted molar refractivity (Wildman–Crippen MR) is 156 cm³/mol. The molecule has 1 aliphatic heterocycles. The molecule has 1 saturated carbocycles. The van der Waals surface area contributed by atoms with Crippen LogP contribution in [0.3, 0.4) is 0 Å². The van der Waals surface area contributed by atoms with E-state index in [-0.39, 0.29) is 17.6 Å². The Balaban J connectivity index is 1.29. The molecule has 1 N–H and O–H groups in total. The normalized spacial score (nSPS) is 17.8. The van der Waals surface area contributed by atoms with Gasteiger partial charge in [-0.2, -0.15) is 0 Å². The lowest BCUT2D eigenvalue weighted by atomic mass is 9.92. The number of carbonyl (C=O) groups excluding carboxylic acids is 1. The second kappa shape index (κ2) is 10.2. The van der Waals surface area contributed by atoms with Crippen molar-refractivity contribution in [2.24, 2.45) is 5.92 Å². The van der Waals surface area contributed by atoms with Crippen molar-refractivity contribution in [2.45, 2.75) is 52.6 Å². The Morgan fingerprint density at radius 1 is 1.00 bits per heavy atom. The predicted octanol–water partition coefficient (Wildman–Crippen LogP) is 7.68. The average molecular weight is 526 g/mol. The van der Waals surface area contributed by atoms with Gasteiger partial charge in [-0.1, -0.05) is 42.7 Å². The molecule has 2 fully saturated rings. The molecule has 0 spiro atoms. The third-order valence-corrected chi connectivity index (χ3v) is 9.16. The van der Waals surface area contributed by atoms with E-state index in [2.05, 4.69) is 36.1 Å². The molecule has 1 aromatic heterocycles. The van der Waals surface area contributed by atoms with Gasteiger partial charge >= 0.3 is 0 Å². The second-order valence-electron chi connectivity index (χ2n) is 11.2. The van der Waals surface area contributed by atoms with Gasteiger partial charge < -0.3 is 9.84 Å². The molecule has 4 nitrogen and oxygen atoms in total. The number of ether oxygens (including phenoxy) is 1. The van der Waals surface area contributed by atoms with Crippen LogP contribution in [0.25, 0.3) is 21.2 Å². The summed E-state index contributed by atoms with van der Waals surface area (Å²) in [5, 5.41) is 11.1. The quantitative estimate of drug-likeness (QED) is 0.240. The van der Waals surface area contributed by atoms with Gasteiger partial charge in [-0.3, -0.25) is 9.69 Å². The van der Waals surface area contributed by atoms with Crippen LogP contribution in [-0.4, -0.2) is 41.5 Å². The van der Waals surface area contributed by atoms with Crippen molar-refractivity contribution in [1.29, 1.82) is 0 Å². The number of benzene rings is 3. The number of thiophene rings is 1. The molecule has 1 aliphatic carbocycles. The van der Waals surface area contributed by atoms with Crippen molar-refractivity contribution in [3.05, 3.63) is 81.7 Å². The highest BCUT2D eigenvalue weighted by Gasteiger charge is 2.28. The number of phenols is 1. The molecule has 1 saturated heterocycles. The molecule has 3 aromatic carbocycles. The molecule has 1 atom stereocenters. The molecule has 2 heterocycles. The summed E-state index contributed by atoms with van der Waals surface area (Å²) in [4.78, 5) is 17.2. The Hall–Kier alpha value is -3.15. The van der Waals surface area contributed by atoms with Crippen molar-refractivity contribution < 1.29 is 14.6 Å². The highest BCUT2D eigenvalue weighted by Crippen LogP contribution is 2.42. The summed E-state index contributed by atoms with van der Waals surface area (Å²) >= 11 is 1.45. The zero-order valence-corrected chi connectivity index (χ0v) is 23.2. The number of ketones is 1. The number of fused-ring (bicyclic) bond motifs is 1. The van der Waals surface area contributed by atoms with Gasteiger partial charge in [-0.05, 0) is 93.1 Å². The highest BCUT2D eigenvalue weighted by molar-refractivity contribution is 7.21. The fraction of sp³-hybridized carbons (Fsp3) is 0.364. The summed E-state index contributed by atoms with van der Waals surface area (Å²) in [6.45, 7) is 9.39. The molecular formula is C33H35NO3S. The molecule has 0 unspecified atom stereocenters. The summed E-state index contributed by atoms with van der Waals surface area (Å²) in [6, 6.07) is 17.7. The monoisotopic (exact) mass is 525 g/mol. The van der Waals surface area contributed by atoms with E-state index in [0.29, 0.717) is 4.88 Å². The summed E-state index contributed by atoms with van der Waals surface area (Å²) in [5.74, 6) is 2.08. The van der Waals surface area contributed by atoms with E-state index < -0.39 is 0 Å². The maximum atomic E-state index is 14.0. The van der Waals surface area contributed by atoms with E-state index in [1.807, 2.05) is 32.0 Å². The number of likely N-dealkylation sites (tertiary alicyclic amines) is 1. The fourth-order valence-electron chi connectivity index (χ4n) is 5.94. The van der Waals surface area contributed by atoms with Gasteiger partial charge in [0.25, 0.3) is 0 Å². The zero-order valence-electron chi connectivity index (χ0n) is 22.4. The van der Waals surface area contributed by atoms with Gasteiger partial charge in [0, 0.05) is 34.3 Å². The number of hydrogen-bond acceptors (Lipinski definition) is 5. The lowest BCUT2D eigenvalue weighted by Crippen LogP contribution is -2.26. The number of carbonyl (C=O) groups is 1. The zero-order chi connectivity index (χ0) is 26.4. The number of hydrogen-bond donors (Lipinski definition) is 1. The lowest BCUT2D eigenvalue weighted by Gasteiger charge is -2.17. The Morgan fingerprint density at radius 2 is 1.74 bits per heavy atom. The molecule has 4 aromatic rings. The van der Waals surface area contributed by atoms with Crippen LogP contribution in [0.1, 0.15) is 57.6 Å². The van der Waals surface area contributed by atoms with E-state index >= 15 is 0 Å². The van der Waals surface area contributed by atoms with Crippen LogP contribution in [0, 0.1) is 26.7 Å². The first kappa shape index (κ1) is 25.1. The number of phenolic OH excluding ortho intramolecular Hbond substituents is 1. The van der Waals surface area contributed by atoms with Gasteiger partial charge in [0.2, 0.25) is 5.78 Å². The molecule has 6 rings (SSSR count). The van der Waals surface area contributed by atoms with Gasteiger partial charge in [0.05, 0.1) is 4.88 Å². The van der Waals surface area contributed by atoms with E-state index in [1.54, 1.807) is 12.1 Å². The Morgan fingerprint density at radius 3 is 2.45 bits per heavy atom. The third-order valence-electron chi connectivity index (χ3n) is 8.01. The SMILES string of the molecule is Cc1cc(C)c(C(=O)c2sc3cc(O)ccc3c2-c2ccc(O[C@@H]3CCN(CCC4CC4)C3)cc2)c(C)c1. The number of aromatic hydroxyl groups is 1. The topological polar surface area (TPSA) is 49.8 Å². The second-order valence-corrected chi connectivity index (χ2v) is 12.2. The van der Waals surface area contributed by atoms with E-state index in [1.165, 1.54) is 37.1 Å². The molecule has 0 amide bonds. The maximum Gasteiger partial charge on any atom is 0.204 e. The summed E-state index contributed by atoms with van der Waals surface area (Å²) in [6.07, 6.45) is 5.46. The van der Waals surface area contributed by atoms with Crippen LogP contribution in [0.5, 0.6) is 11.5 Å². The van der Waals surface area contributed by atoms with Crippen LogP contribution < -0.4 is 4.74 Å². The highest BCUT2D eigenvalue weighted by atomic mass is 32.1. The van der Waals surface area contributed by atoms with Crippen molar-refractivity contribution in [2.75, 3.05) is 19.6 Å². The third kappa shape index (κ3) is 5.10. The van der Waals surface area contributed by atoms with Gasteiger partial charge in [0.1, 0.15) is 17.6 Å². The van der Waals surface area contributed by atoms with Crippen molar-refractivity contribution in [1.82, 2.24) is 4.90 Å². The van der Waals surface area contributed by atoms with Crippen molar-refractivity contribution >= 4 is 27.2 Å². The largest absolute Gasteiger partial charge is 0.508 e. The van der Waals surface area contributed by atoms with Gasteiger partial charge in [-0.15, -0.1) is 11.3 Å². The summed E-state index contributed by atoms with van der Waals surface area (Å²) in [5.41, 5.74) is 5.81. The number of rotatable bonds is 8. The first-order chi connectivity index (χ1) is 18.4. The number of aryl methyl sites for hydroxylation is 3. The van der Waals surface area contributed by atoms with Crippen molar-refractivity contribution in [3.8, 4) is 22.6 Å². The van der Waals surface area contributed by atoms with Crippen LogP contribution >= 0.6 is 11.3 Å². The van der Waals surface area contributed by atoms with Crippen molar-refractivity contribution in [3.63, 3.8) is 0 Å². The summed E-state index contributed by atoms with van der Waals surface area (Å²) < 4.78 is 7.26. The van der Waals surface area contributed by atoms with E-state index in [0.717, 1.165) is 74.6 Å². The lowest BCUT2D eigenvalue weighted by molar-refractivity contribution is 0.104. The van der Waals surface area contributed by atoms with Crippen LogP contribution in [0.4, 0.5) is 0 Å². The molecule has 5 heteroatoms. The van der Waals surface area contributed by atoms with Crippen LogP contribution in [0.15, 0.2) is 54.6 Å². The van der Waals surface area contributed by atoms with Crippen LogP contribution in [0.2, 0.25) is 0 Å². The average Bonchev–Trinajstić information content (AvgIpc) is 3.48. The Kier molecular flexibility index (Phi) is 6.75. The maximum absolute atomic E-state index is 14.0. The first-order valence-electron chi connectivity index (χ1n) is 13.7. The molecule has 2 aliphatic rings. The minimum Gasteiger partial charge on any atom is -0.508 e. The fourth-order valence-corrected chi connectivity index (χ4v) is 7.15. The Labute approximate surface area is 228 Å². The van der Waals surface area contributed by atoms with Crippen LogP contribution in [-0.2, 0) is 0 Å². The smallest absolute Gasteiger partial charge is 0.204 e. The molecular weight excluding hydrogens is 490 g/mol. The molecule has 0 radical (unpaired) electrons. The summed E-state index contributed by atoms with van der Waals surface area (Å²) in [7, 11) is 0. The standard InChI is InChI=1S/C33H35NO3S/c1-20-16-21(2)30(22(3)17-20)32(36)33-31(28-11-8-25(35)18-29(28)38-33)24-6-9-26(10-7-24)37-27-13-15-34(19-27)14-12-23-4-5-23/h6-11,16-18,23,27,35H,4-5,12-15,19H2,1-3H3/t27-/m1/s1. The minimum absolute atomic E-state index is 0.0354. The van der Waals surface area contributed by atoms with Gasteiger partial charge in [0.15, 0.2) is 0 Å². The molecule has 0 bridgehead atoms. The van der Waals surface area contributed by atoms with E-state index in [4.69, 9.17) is 4.74 Å². The number of nitrogens with zero attached hydrogens (tertiary/aromatic N) is 1.